The first-order chi connectivity index (χ1) is 10.1. The van der Waals surface area contributed by atoms with E-state index < -0.39 is 0 Å². The lowest BCUT2D eigenvalue weighted by molar-refractivity contribution is -0.121. The van der Waals surface area contributed by atoms with E-state index in [-0.39, 0.29) is 18.1 Å². The van der Waals surface area contributed by atoms with Crippen molar-refractivity contribution in [3.63, 3.8) is 0 Å². The minimum Gasteiger partial charge on any atom is -0.354 e. The second-order valence-corrected chi connectivity index (χ2v) is 5.09. The minimum absolute atomic E-state index is 0.0696. The van der Waals surface area contributed by atoms with Crippen molar-refractivity contribution in [2.45, 2.75) is 33.2 Å². The van der Waals surface area contributed by atoms with Crippen LogP contribution in [0.5, 0.6) is 0 Å². The summed E-state index contributed by atoms with van der Waals surface area (Å²) >= 11 is 0. The maximum absolute atomic E-state index is 13.4. The second-order valence-electron chi connectivity index (χ2n) is 5.09. The summed E-state index contributed by atoms with van der Waals surface area (Å²) in [5.74, 6) is -0.326. The fraction of sp³-hybridized carbons (Fsp3) is 0.375. The quantitative estimate of drug-likeness (QED) is 0.887. The largest absolute Gasteiger partial charge is 0.354 e. The molecule has 21 heavy (non-hydrogen) atoms. The van der Waals surface area contributed by atoms with Gasteiger partial charge in [0, 0.05) is 18.7 Å². The highest BCUT2D eigenvalue weighted by Gasteiger charge is 2.06. The van der Waals surface area contributed by atoms with Gasteiger partial charge >= 0.3 is 0 Å². The SMILES string of the molecule is Cc1cc(C)n(CCNC(=O)CCc2ccccc2F)n1. The zero-order chi connectivity index (χ0) is 15.2. The summed E-state index contributed by atoms with van der Waals surface area (Å²) in [6, 6.07) is 8.54. The molecule has 0 saturated carbocycles. The van der Waals surface area contributed by atoms with Crippen LogP contribution in [-0.2, 0) is 17.8 Å². The van der Waals surface area contributed by atoms with Crippen molar-refractivity contribution in [1.82, 2.24) is 15.1 Å². The zero-order valence-electron chi connectivity index (χ0n) is 12.4. The number of rotatable bonds is 6. The first-order valence-corrected chi connectivity index (χ1v) is 7.07. The van der Waals surface area contributed by atoms with Gasteiger partial charge in [-0.3, -0.25) is 9.48 Å². The van der Waals surface area contributed by atoms with Crippen LogP contribution in [0.15, 0.2) is 30.3 Å². The Labute approximate surface area is 124 Å². The van der Waals surface area contributed by atoms with Crippen LogP contribution in [-0.4, -0.2) is 22.2 Å². The van der Waals surface area contributed by atoms with Crippen LogP contribution in [0.25, 0.3) is 0 Å². The summed E-state index contributed by atoms with van der Waals surface area (Å²) in [5, 5.41) is 7.16. The number of aryl methyl sites for hydroxylation is 3. The predicted octanol–water partition coefficient (Wildman–Crippen LogP) is 2.39. The van der Waals surface area contributed by atoms with E-state index in [4.69, 9.17) is 0 Å². The van der Waals surface area contributed by atoms with Gasteiger partial charge in [-0.1, -0.05) is 18.2 Å². The Morgan fingerprint density at radius 1 is 1.33 bits per heavy atom. The van der Waals surface area contributed by atoms with E-state index >= 15 is 0 Å². The first-order valence-electron chi connectivity index (χ1n) is 7.07. The van der Waals surface area contributed by atoms with Crippen LogP contribution < -0.4 is 5.32 Å². The van der Waals surface area contributed by atoms with Gasteiger partial charge in [0.1, 0.15) is 5.82 Å². The number of hydrogen-bond donors (Lipinski definition) is 1. The monoisotopic (exact) mass is 289 g/mol. The molecule has 1 amide bonds. The van der Waals surface area contributed by atoms with E-state index in [1.54, 1.807) is 18.2 Å². The van der Waals surface area contributed by atoms with Gasteiger partial charge in [0.15, 0.2) is 0 Å². The molecule has 0 atom stereocenters. The van der Waals surface area contributed by atoms with Crippen LogP contribution in [0.1, 0.15) is 23.4 Å². The Hall–Kier alpha value is -2.17. The van der Waals surface area contributed by atoms with E-state index in [9.17, 15) is 9.18 Å². The van der Waals surface area contributed by atoms with Gasteiger partial charge in [0.25, 0.3) is 0 Å². The molecule has 1 aromatic carbocycles. The maximum Gasteiger partial charge on any atom is 0.220 e. The normalized spacial score (nSPS) is 10.6. The van der Waals surface area contributed by atoms with Crippen molar-refractivity contribution >= 4 is 5.91 Å². The van der Waals surface area contributed by atoms with Gasteiger partial charge in [-0.2, -0.15) is 5.10 Å². The number of halogens is 1. The van der Waals surface area contributed by atoms with Crippen LogP contribution in [0, 0.1) is 19.7 Å². The number of benzene rings is 1. The molecule has 0 fully saturated rings. The molecule has 2 aromatic rings. The maximum atomic E-state index is 13.4. The molecule has 1 N–H and O–H groups in total. The number of amides is 1. The summed E-state index contributed by atoms with van der Waals surface area (Å²) in [4.78, 5) is 11.7. The predicted molar refractivity (Wildman–Crippen MR) is 79.4 cm³/mol. The molecule has 0 saturated heterocycles. The van der Waals surface area contributed by atoms with Crippen molar-refractivity contribution in [3.05, 3.63) is 53.1 Å². The number of nitrogens with zero attached hydrogens (tertiary/aromatic N) is 2. The Morgan fingerprint density at radius 3 is 2.76 bits per heavy atom. The number of nitrogens with one attached hydrogen (secondary N) is 1. The second kappa shape index (κ2) is 7.02. The highest BCUT2D eigenvalue weighted by molar-refractivity contribution is 5.76. The van der Waals surface area contributed by atoms with E-state index in [0.717, 1.165) is 11.4 Å². The summed E-state index contributed by atoms with van der Waals surface area (Å²) in [6.07, 6.45) is 0.705. The fourth-order valence-electron chi connectivity index (χ4n) is 2.24. The lowest BCUT2D eigenvalue weighted by atomic mass is 10.1. The molecular formula is C16H20FN3O. The molecule has 0 aliphatic heterocycles. The summed E-state index contributed by atoms with van der Waals surface area (Å²) in [6.45, 7) is 5.10. The first kappa shape index (κ1) is 15.2. The number of aromatic nitrogens is 2. The molecule has 1 aromatic heterocycles. The fourth-order valence-corrected chi connectivity index (χ4v) is 2.24. The van der Waals surface area contributed by atoms with Gasteiger partial charge in [-0.05, 0) is 38.0 Å². The Balaban J connectivity index is 1.73. The Morgan fingerprint density at radius 2 is 2.10 bits per heavy atom. The van der Waals surface area contributed by atoms with Crippen LogP contribution in [0.3, 0.4) is 0 Å². The summed E-state index contributed by atoms with van der Waals surface area (Å²) < 4.78 is 15.3. The third-order valence-electron chi connectivity index (χ3n) is 3.33. The molecule has 0 unspecified atom stereocenters. The van der Waals surface area contributed by atoms with Gasteiger partial charge < -0.3 is 5.32 Å². The van der Waals surface area contributed by atoms with Gasteiger partial charge in [-0.25, -0.2) is 4.39 Å². The van der Waals surface area contributed by atoms with E-state index in [0.29, 0.717) is 25.1 Å². The van der Waals surface area contributed by atoms with E-state index in [1.807, 2.05) is 24.6 Å². The average molecular weight is 289 g/mol. The molecule has 0 aliphatic carbocycles. The highest BCUT2D eigenvalue weighted by Crippen LogP contribution is 2.08. The molecule has 0 aliphatic rings. The smallest absolute Gasteiger partial charge is 0.220 e. The number of hydrogen-bond acceptors (Lipinski definition) is 2. The van der Waals surface area contributed by atoms with E-state index in [2.05, 4.69) is 10.4 Å². The topological polar surface area (TPSA) is 46.9 Å². The molecule has 0 spiro atoms. The van der Waals surface area contributed by atoms with Crippen molar-refractivity contribution in [1.29, 1.82) is 0 Å². The average Bonchev–Trinajstić information content (AvgIpc) is 2.76. The lowest BCUT2D eigenvalue weighted by Gasteiger charge is -2.07. The van der Waals surface area contributed by atoms with Crippen LogP contribution in [0.4, 0.5) is 4.39 Å². The van der Waals surface area contributed by atoms with Crippen molar-refractivity contribution in [3.8, 4) is 0 Å². The molecule has 112 valence electrons. The van der Waals surface area contributed by atoms with E-state index in [1.165, 1.54) is 6.07 Å². The molecular weight excluding hydrogens is 269 g/mol. The van der Waals surface area contributed by atoms with Crippen molar-refractivity contribution < 1.29 is 9.18 Å². The molecule has 1 heterocycles. The third-order valence-corrected chi connectivity index (χ3v) is 3.33. The molecule has 5 heteroatoms. The Kier molecular flexibility index (Phi) is 5.09. The van der Waals surface area contributed by atoms with Crippen molar-refractivity contribution in [2.24, 2.45) is 0 Å². The summed E-state index contributed by atoms with van der Waals surface area (Å²) in [7, 11) is 0. The molecule has 0 bridgehead atoms. The highest BCUT2D eigenvalue weighted by atomic mass is 19.1. The zero-order valence-corrected chi connectivity index (χ0v) is 12.4. The van der Waals surface area contributed by atoms with Gasteiger partial charge in [0.2, 0.25) is 5.91 Å². The standard InChI is InChI=1S/C16H20FN3O/c1-12-11-13(2)20(19-12)10-9-18-16(21)8-7-14-5-3-4-6-15(14)17/h3-6,11H,7-10H2,1-2H3,(H,18,21). The number of carbonyl (C=O) groups is 1. The minimum atomic E-state index is -0.257. The van der Waals surface area contributed by atoms with Crippen molar-refractivity contribution in [2.75, 3.05) is 6.54 Å². The molecule has 0 radical (unpaired) electrons. The third kappa shape index (κ3) is 4.41. The molecule has 4 nitrogen and oxygen atoms in total. The van der Waals surface area contributed by atoms with Gasteiger partial charge in [0.05, 0.1) is 12.2 Å². The summed E-state index contributed by atoms with van der Waals surface area (Å²) in [5.41, 5.74) is 2.62. The van der Waals surface area contributed by atoms with Crippen LogP contribution >= 0.6 is 0 Å². The number of carbonyl (C=O) groups excluding carboxylic acids is 1. The van der Waals surface area contributed by atoms with Gasteiger partial charge in [-0.15, -0.1) is 0 Å². The molecule has 2 rings (SSSR count). The lowest BCUT2D eigenvalue weighted by Crippen LogP contribution is -2.28. The Bertz CT molecular complexity index is 622. The van der Waals surface area contributed by atoms with Crippen LogP contribution in [0.2, 0.25) is 0 Å².